The number of likely N-dealkylation sites (N-methyl/N-ethyl adjacent to an activating group) is 1. The first kappa shape index (κ1) is 20.4. The van der Waals surface area contributed by atoms with E-state index in [0.717, 1.165) is 35.6 Å². The van der Waals surface area contributed by atoms with Crippen LogP contribution in [0.15, 0.2) is 42.5 Å². The third-order valence-electron chi connectivity index (χ3n) is 6.81. The number of nitrogens with zero attached hydrogens (tertiary/aromatic N) is 2. The molecule has 2 aliphatic heterocycles. The maximum absolute atomic E-state index is 13.6. The Bertz CT molecular complexity index is 925. The van der Waals surface area contributed by atoms with Crippen LogP contribution in [0, 0.1) is 12.8 Å². The molecule has 1 unspecified atom stereocenters. The molecule has 29 heavy (non-hydrogen) atoms. The summed E-state index contributed by atoms with van der Waals surface area (Å²) in [5, 5.41) is 0.531. The average molecular weight is 412 g/mol. The number of rotatable bonds is 4. The fraction of sp³-hybridized carbons (Fsp3) is 0.480. The molecule has 4 rings (SSSR count). The summed E-state index contributed by atoms with van der Waals surface area (Å²) in [5.41, 5.74) is 4.28. The number of carbonyl (C=O) groups excluding carboxylic acids is 1. The summed E-state index contributed by atoms with van der Waals surface area (Å²) in [4.78, 5) is 15.6. The van der Waals surface area contributed by atoms with Gasteiger partial charge in [0.15, 0.2) is 0 Å². The SMILES string of the molecule is Cc1ccc2c(c1)[C@H]1C[N+](C)(CCC(C)C)CC[C@@H]1N2C(=O)c1ccccc1Cl. The largest absolute Gasteiger partial charge is 0.325 e. The normalized spacial score (nSPS) is 25.8. The van der Waals surface area contributed by atoms with Gasteiger partial charge in [0.25, 0.3) is 5.91 Å². The molecule has 2 heterocycles. The average Bonchev–Trinajstić information content (AvgIpc) is 2.99. The number of amides is 1. The summed E-state index contributed by atoms with van der Waals surface area (Å²) < 4.78 is 1.10. The van der Waals surface area contributed by atoms with Gasteiger partial charge in [0.2, 0.25) is 0 Å². The fourth-order valence-corrected chi connectivity index (χ4v) is 5.33. The number of halogens is 1. The van der Waals surface area contributed by atoms with Gasteiger partial charge in [-0.15, -0.1) is 0 Å². The van der Waals surface area contributed by atoms with Gasteiger partial charge in [-0.05, 0) is 43.0 Å². The van der Waals surface area contributed by atoms with Crippen LogP contribution in [0.4, 0.5) is 5.69 Å². The molecule has 0 aliphatic carbocycles. The molecule has 0 aromatic heterocycles. The smallest absolute Gasteiger partial charge is 0.260 e. The van der Waals surface area contributed by atoms with E-state index in [9.17, 15) is 4.79 Å². The Hall–Kier alpha value is -1.84. The number of likely N-dealkylation sites (tertiary alicyclic amines) is 1. The zero-order valence-corrected chi connectivity index (χ0v) is 18.7. The van der Waals surface area contributed by atoms with Crippen molar-refractivity contribution in [3.63, 3.8) is 0 Å². The highest BCUT2D eigenvalue weighted by Gasteiger charge is 2.49. The molecule has 0 N–H and O–H groups in total. The van der Waals surface area contributed by atoms with E-state index in [1.165, 1.54) is 24.1 Å². The van der Waals surface area contributed by atoms with Gasteiger partial charge in [0.1, 0.15) is 0 Å². The molecule has 2 aliphatic rings. The van der Waals surface area contributed by atoms with Crippen molar-refractivity contribution in [3.05, 3.63) is 64.2 Å². The number of carbonyl (C=O) groups is 1. The van der Waals surface area contributed by atoms with Crippen molar-refractivity contribution in [2.75, 3.05) is 31.6 Å². The van der Waals surface area contributed by atoms with Gasteiger partial charge in [-0.2, -0.15) is 0 Å². The Morgan fingerprint density at radius 1 is 1.24 bits per heavy atom. The molecule has 4 heteroatoms. The minimum absolute atomic E-state index is 0.0338. The monoisotopic (exact) mass is 411 g/mol. The lowest BCUT2D eigenvalue weighted by Gasteiger charge is -2.44. The first-order valence-electron chi connectivity index (χ1n) is 10.8. The second-order valence-electron chi connectivity index (χ2n) is 9.61. The molecule has 3 nitrogen and oxygen atoms in total. The number of aryl methyl sites for hydroxylation is 1. The topological polar surface area (TPSA) is 20.3 Å². The predicted molar refractivity (Wildman–Crippen MR) is 121 cm³/mol. The van der Waals surface area contributed by atoms with Gasteiger partial charge < -0.3 is 9.38 Å². The van der Waals surface area contributed by atoms with Crippen molar-refractivity contribution in [1.29, 1.82) is 0 Å². The fourth-order valence-electron chi connectivity index (χ4n) is 5.11. The Balaban J connectivity index is 1.70. The quantitative estimate of drug-likeness (QED) is 0.594. The van der Waals surface area contributed by atoms with E-state index in [2.05, 4.69) is 46.0 Å². The lowest BCUT2D eigenvalue weighted by Crippen LogP contribution is -2.57. The van der Waals surface area contributed by atoms with E-state index >= 15 is 0 Å². The maximum atomic E-state index is 13.6. The molecule has 1 fully saturated rings. The van der Waals surface area contributed by atoms with Crippen molar-refractivity contribution in [3.8, 4) is 0 Å². The van der Waals surface area contributed by atoms with E-state index in [-0.39, 0.29) is 11.9 Å². The summed E-state index contributed by atoms with van der Waals surface area (Å²) >= 11 is 6.39. The molecule has 0 bridgehead atoms. The van der Waals surface area contributed by atoms with Crippen LogP contribution in [-0.2, 0) is 0 Å². The summed E-state index contributed by atoms with van der Waals surface area (Å²) in [6.07, 6.45) is 2.28. The number of hydrogen-bond donors (Lipinski definition) is 0. The highest BCUT2D eigenvalue weighted by atomic mass is 35.5. The Kier molecular flexibility index (Phi) is 5.48. The number of fused-ring (bicyclic) bond motifs is 3. The summed E-state index contributed by atoms with van der Waals surface area (Å²) in [7, 11) is 2.40. The number of benzene rings is 2. The molecule has 154 valence electrons. The first-order chi connectivity index (χ1) is 13.8. The van der Waals surface area contributed by atoms with E-state index in [4.69, 9.17) is 11.6 Å². The van der Waals surface area contributed by atoms with Crippen molar-refractivity contribution in [2.45, 2.75) is 45.6 Å². The van der Waals surface area contributed by atoms with Crippen LogP contribution in [0.25, 0.3) is 0 Å². The standard InChI is InChI=1S/C25H32ClN2O/c1-17(2)11-13-28(4)14-12-24-21(16-28)20-15-18(3)9-10-23(20)27(24)25(29)19-7-5-6-8-22(19)26/h5-10,15,17,21,24H,11-14,16H2,1-4H3/q+1/t21-,24+,28?/m1/s1. The van der Waals surface area contributed by atoms with Crippen molar-refractivity contribution in [2.24, 2.45) is 5.92 Å². The highest BCUT2D eigenvalue weighted by molar-refractivity contribution is 6.34. The van der Waals surface area contributed by atoms with Crippen LogP contribution in [0.5, 0.6) is 0 Å². The summed E-state index contributed by atoms with van der Waals surface area (Å²) in [6, 6.07) is 14.2. The molecule has 0 saturated carbocycles. The van der Waals surface area contributed by atoms with Gasteiger partial charge in [-0.3, -0.25) is 4.79 Å². The molecule has 1 saturated heterocycles. The number of anilines is 1. The van der Waals surface area contributed by atoms with Crippen LogP contribution in [0.1, 0.15) is 54.1 Å². The van der Waals surface area contributed by atoms with Crippen LogP contribution in [-0.4, -0.2) is 43.1 Å². The number of quaternary nitrogens is 1. The Morgan fingerprint density at radius 2 is 2.00 bits per heavy atom. The van der Waals surface area contributed by atoms with Gasteiger partial charge >= 0.3 is 0 Å². The lowest BCUT2D eigenvalue weighted by molar-refractivity contribution is -0.916. The minimum Gasteiger partial charge on any atom is -0.325 e. The Morgan fingerprint density at radius 3 is 2.72 bits per heavy atom. The lowest BCUT2D eigenvalue weighted by atomic mass is 9.86. The van der Waals surface area contributed by atoms with Crippen molar-refractivity contribution < 1.29 is 9.28 Å². The van der Waals surface area contributed by atoms with Gasteiger partial charge in [0.05, 0.1) is 49.2 Å². The molecule has 2 aromatic rings. The molecule has 3 atom stereocenters. The third-order valence-corrected chi connectivity index (χ3v) is 7.14. The third kappa shape index (κ3) is 3.83. The highest BCUT2D eigenvalue weighted by Crippen LogP contribution is 2.47. The second kappa shape index (κ2) is 7.77. The second-order valence-corrected chi connectivity index (χ2v) is 10.0. The zero-order valence-electron chi connectivity index (χ0n) is 18.0. The van der Waals surface area contributed by atoms with Gasteiger partial charge in [-0.1, -0.05) is 55.3 Å². The van der Waals surface area contributed by atoms with E-state index in [0.29, 0.717) is 16.5 Å². The van der Waals surface area contributed by atoms with Crippen LogP contribution in [0.3, 0.4) is 0 Å². The molecule has 0 spiro atoms. The molecule has 0 radical (unpaired) electrons. The zero-order chi connectivity index (χ0) is 20.8. The van der Waals surface area contributed by atoms with Gasteiger partial charge in [0, 0.05) is 12.1 Å². The molecule has 2 aromatic carbocycles. The molecular weight excluding hydrogens is 380 g/mol. The van der Waals surface area contributed by atoms with Crippen LogP contribution in [0.2, 0.25) is 5.02 Å². The minimum atomic E-state index is 0.0338. The van der Waals surface area contributed by atoms with Crippen molar-refractivity contribution >= 4 is 23.2 Å². The van der Waals surface area contributed by atoms with E-state index in [1.54, 1.807) is 6.07 Å². The first-order valence-corrected chi connectivity index (χ1v) is 11.2. The van der Waals surface area contributed by atoms with E-state index < -0.39 is 0 Å². The molecule has 1 amide bonds. The number of piperidine rings is 1. The summed E-state index contributed by atoms with van der Waals surface area (Å²) in [6.45, 7) is 10.2. The van der Waals surface area contributed by atoms with E-state index in [1.807, 2.05) is 23.1 Å². The predicted octanol–water partition coefficient (Wildman–Crippen LogP) is 5.66. The van der Waals surface area contributed by atoms with Gasteiger partial charge in [-0.25, -0.2) is 0 Å². The summed E-state index contributed by atoms with van der Waals surface area (Å²) in [5.74, 6) is 1.15. The maximum Gasteiger partial charge on any atom is 0.260 e. The van der Waals surface area contributed by atoms with Crippen LogP contribution < -0.4 is 4.90 Å². The van der Waals surface area contributed by atoms with Crippen molar-refractivity contribution in [1.82, 2.24) is 0 Å². The Labute approximate surface area is 179 Å². The van der Waals surface area contributed by atoms with Crippen LogP contribution >= 0.6 is 11.6 Å². The molecular formula is C25H32ClN2O+. The number of hydrogen-bond acceptors (Lipinski definition) is 1.